The molecule has 4 heteroatoms. The number of aromatic nitrogens is 2. The summed E-state index contributed by atoms with van der Waals surface area (Å²) < 4.78 is 1.89. The zero-order valence-corrected chi connectivity index (χ0v) is 9.82. The summed E-state index contributed by atoms with van der Waals surface area (Å²) in [5.41, 5.74) is 0. The van der Waals surface area contributed by atoms with Crippen LogP contribution in [0.25, 0.3) is 0 Å². The van der Waals surface area contributed by atoms with E-state index in [9.17, 15) is 4.79 Å². The fraction of sp³-hybridized carbons (Fsp3) is 0.636. The number of amides is 1. The van der Waals surface area contributed by atoms with Crippen molar-refractivity contribution in [3.8, 4) is 0 Å². The van der Waals surface area contributed by atoms with Crippen LogP contribution in [0.3, 0.4) is 0 Å². The van der Waals surface area contributed by atoms with Gasteiger partial charge in [0.15, 0.2) is 0 Å². The Kier molecular flexibility index (Phi) is 3.88. The Bertz CT molecular complexity index is 328. The van der Waals surface area contributed by atoms with Crippen LogP contribution in [-0.4, -0.2) is 21.5 Å². The van der Waals surface area contributed by atoms with Crippen molar-refractivity contribution in [2.75, 3.05) is 0 Å². The molecule has 4 nitrogen and oxygen atoms in total. The van der Waals surface area contributed by atoms with Gasteiger partial charge in [-0.05, 0) is 13.8 Å². The molecule has 0 atom stereocenters. The van der Waals surface area contributed by atoms with Gasteiger partial charge in [0.25, 0.3) is 0 Å². The first-order chi connectivity index (χ1) is 7.00. The molecule has 0 aliphatic heterocycles. The van der Waals surface area contributed by atoms with Gasteiger partial charge in [0.1, 0.15) is 12.4 Å². The van der Waals surface area contributed by atoms with Gasteiger partial charge in [0, 0.05) is 24.4 Å². The van der Waals surface area contributed by atoms with Crippen LogP contribution in [0.2, 0.25) is 0 Å². The number of hydrogen-bond acceptors (Lipinski definition) is 2. The monoisotopic (exact) mass is 209 g/mol. The summed E-state index contributed by atoms with van der Waals surface area (Å²) in [5, 5.41) is 2.86. The van der Waals surface area contributed by atoms with Crippen LogP contribution >= 0.6 is 0 Å². The molecule has 0 radical (unpaired) electrons. The van der Waals surface area contributed by atoms with Crippen LogP contribution in [0, 0.1) is 0 Å². The summed E-state index contributed by atoms with van der Waals surface area (Å²) in [7, 11) is 0. The Morgan fingerprint density at radius 2 is 2.13 bits per heavy atom. The standard InChI is InChI=1S/C11H19N3O/c1-8(2)11-12-5-6-14(11)7-10(15)13-9(3)4/h5-6,8-9H,7H2,1-4H3,(H,13,15). The largest absolute Gasteiger partial charge is 0.352 e. The third-order valence-corrected chi connectivity index (χ3v) is 2.03. The van der Waals surface area contributed by atoms with Gasteiger partial charge in [0.2, 0.25) is 5.91 Å². The van der Waals surface area contributed by atoms with Crippen LogP contribution in [0.4, 0.5) is 0 Å². The Morgan fingerprint density at radius 1 is 1.47 bits per heavy atom. The molecule has 0 unspecified atom stereocenters. The van der Waals surface area contributed by atoms with Gasteiger partial charge in [-0.1, -0.05) is 13.8 Å². The summed E-state index contributed by atoms with van der Waals surface area (Å²) in [6.07, 6.45) is 3.58. The number of nitrogens with zero attached hydrogens (tertiary/aromatic N) is 2. The molecule has 1 aromatic rings. The van der Waals surface area contributed by atoms with E-state index in [4.69, 9.17) is 0 Å². The smallest absolute Gasteiger partial charge is 0.240 e. The van der Waals surface area contributed by atoms with Gasteiger partial charge in [0.05, 0.1) is 0 Å². The van der Waals surface area contributed by atoms with Crippen molar-refractivity contribution >= 4 is 5.91 Å². The first kappa shape index (κ1) is 11.8. The lowest BCUT2D eigenvalue weighted by Crippen LogP contribution is -2.33. The fourth-order valence-corrected chi connectivity index (χ4v) is 1.48. The zero-order chi connectivity index (χ0) is 11.4. The Morgan fingerprint density at radius 3 is 2.67 bits per heavy atom. The highest BCUT2D eigenvalue weighted by Gasteiger charge is 2.10. The van der Waals surface area contributed by atoms with E-state index in [1.54, 1.807) is 6.20 Å². The second kappa shape index (κ2) is 4.96. The highest BCUT2D eigenvalue weighted by Crippen LogP contribution is 2.11. The Balaban J connectivity index is 2.64. The zero-order valence-electron chi connectivity index (χ0n) is 9.82. The first-order valence-corrected chi connectivity index (χ1v) is 5.31. The number of rotatable bonds is 4. The van der Waals surface area contributed by atoms with Gasteiger partial charge in [-0.2, -0.15) is 0 Å². The molecule has 1 N–H and O–H groups in total. The molecule has 0 fully saturated rings. The van der Waals surface area contributed by atoms with Crippen LogP contribution in [0.5, 0.6) is 0 Å². The summed E-state index contributed by atoms with van der Waals surface area (Å²) >= 11 is 0. The Labute approximate surface area is 90.7 Å². The highest BCUT2D eigenvalue weighted by molar-refractivity contribution is 5.76. The maximum absolute atomic E-state index is 11.5. The van der Waals surface area contributed by atoms with Crippen LogP contribution in [0.15, 0.2) is 12.4 Å². The molecule has 1 heterocycles. The third-order valence-electron chi connectivity index (χ3n) is 2.03. The normalized spacial score (nSPS) is 11.1. The van der Waals surface area contributed by atoms with Gasteiger partial charge >= 0.3 is 0 Å². The van der Waals surface area contributed by atoms with E-state index in [0.717, 1.165) is 5.82 Å². The van der Waals surface area contributed by atoms with Crippen molar-refractivity contribution in [1.29, 1.82) is 0 Å². The van der Waals surface area contributed by atoms with Crippen molar-refractivity contribution in [3.63, 3.8) is 0 Å². The number of nitrogens with one attached hydrogen (secondary N) is 1. The SMILES string of the molecule is CC(C)NC(=O)Cn1ccnc1C(C)C. The first-order valence-electron chi connectivity index (χ1n) is 5.31. The quantitative estimate of drug-likeness (QED) is 0.817. The van der Waals surface area contributed by atoms with E-state index in [-0.39, 0.29) is 11.9 Å². The lowest BCUT2D eigenvalue weighted by atomic mass is 10.2. The van der Waals surface area contributed by atoms with Crippen molar-refractivity contribution in [2.24, 2.45) is 0 Å². The van der Waals surface area contributed by atoms with Crippen LogP contribution in [-0.2, 0) is 11.3 Å². The maximum atomic E-state index is 11.5. The number of imidazole rings is 1. The fourth-order valence-electron chi connectivity index (χ4n) is 1.48. The molecule has 0 spiro atoms. The average molecular weight is 209 g/mol. The molecule has 0 saturated heterocycles. The lowest BCUT2D eigenvalue weighted by molar-refractivity contribution is -0.122. The highest BCUT2D eigenvalue weighted by atomic mass is 16.2. The van der Waals surface area contributed by atoms with Crippen LogP contribution < -0.4 is 5.32 Å². The van der Waals surface area contributed by atoms with E-state index in [1.807, 2.05) is 24.6 Å². The molecule has 1 amide bonds. The summed E-state index contributed by atoms with van der Waals surface area (Å²) in [6.45, 7) is 8.40. The molecule has 1 rings (SSSR count). The minimum Gasteiger partial charge on any atom is -0.352 e. The van der Waals surface area contributed by atoms with Crippen molar-refractivity contribution in [1.82, 2.24) is 14.9 Å². The van der Waals surface area contributed by atoms with Gasteiger partial charge in [-0.3, -0.25) is 4.79 Å². The minimum absolute atomic E-state index is 0.0323. The molecule has 0 aliphatic rings. The molecule has 15 heavy (non-hydrogen) atoms. The summed E-state index contributed by atoms with van der Waals surface area (Å²) in [4.78, 5) is 15.8. The molecular formula is C11H19N3O. The Hall–Kier alpha value is -1.32. The van der Waals surface area contributed by atoms with Crippen molar-refractivity contribution < 1.29 is 4.79 Å². The van der Waals surface area contributed by atoms with E-state index in [2.05, 4.69) is 24.1 Å². The maximum Gasteiger partial charge on any atom is 0.240 e. The predicted molar refractivity (Wildman–Crippen MR) is 59.6 cm³/mol. The van der Waals surface area contributed by atoms with E-state index < -0.39 is 0 Å². The van der Waals surface area contributed by atoms with Gasteiger partial charge < -0.3 is 9.88 Å². The van der Waals surface area contributed by atoms with E-state index in [0.29, 0.717) is 12.5 Å². The van der Waals surface area contributed by atoms with Crippen LogP contribution in [0.1, 0.15) is 39.4 Å². The second-order valence-corrected chi connectivity index (χ2v) is 4.29. The minimum atomic E-state index is 0.0323. The number of carbonyl (C=O) groups is 1. The van der Waals surface area contributed by atoms with E-state index >= 15 is 0 Å². The molecule has 0 bridgehead atoms. The number of carbonyl (C=O) groups excluding carboxylic acids is 1. The topological polar surface area (TPSA) is 46.9 Å². The summed E-state index contributed by atoms with van der Waals surface area (Å²) in [6, 6.07) is 0.184. The van der Waals surface area contributed by atoms with Gasteiger partial charge in [-0.25, -0.2) is 4.98 Å². The van der Waals surface area contributed by atoms with Gasteiger partial charge in [-0.15, -0.1) is 0 Å². The molecular weight excluding hydrogens is 190 g/mol. The van der Waals surface area contributed by atoms with Crippen molar-refractivity contribution in [3.05, 3.63) is 18.2 Å². The third kappa shape index (κ3) is 3.38. The molecule has 0 aliphatic carbocycles. The average Bonchev–Trinajstić information content (AvgIpc) is 2.50. The van der Waals surface area contributed by atoms with Crippen molar-refractivity contribution in [2.45, 2.75) is 46.2 Å². The molecule has 1 aromatic heterocycles. The molecule has 0 saturated carbocycles. The molecule has 0 aromatic carbocycles. The summed E-state index contributed by atoms with van der Waals surface area (Å²) in [5.74, 6) is 1.32. The molecule has 84 valence electrons. The predicted octanol–water partition coefficient (Wildman–Crippen LogP) is 1.53. The van der Waals surface area contributed by atoms with E-state index in [1.165, 1.54) is 0 Å². The number of hydrogen-bond donors (Lipinski definition) is 1. The second-order valence-electron chi connectivity index (χ2n) is 4.29. The lowest BCUT2D eigenvalue weighted by Gasteiger charge is -2.12.